The summed E-state index contributed by atoms with van der Waals surface area (Å²) in [6, 6.07) is 12.4. The van der Waals surface area contributed by atoms with Crippen molar-refractivity contribution in [2.24, 2.45) is 0 Å². The van der Waals surface area contributed by atoms with E-state index in [2.05, 4.69) is 21.3 Å². The first-order valence-corrected chi connectivity index (χ1v) is 9.64. The van der Waals surface area contributed by atoms with Gasteiger partial charge in [-0.05, 0) is 61.2 Å². The smallest absolute Gasteiger partial charge is 0.319 e. The van der Waals surface area contributed by atoms with Gasteiger partial charge >= 0.3 is 12.1 Å². The number of halogens is 1. The van der Waals surface area contributed by atoms with E-state index in [0.717, 1.165) is 25.0 Å². The molecule has 0 spiro atoms. The number of nitrogens with one attached hydrogen (secondary N) is 4. The zero-order valence-corrected chi connectivity index (χ0v) is 16.0. The van der Waals surface area contributed by atoms with Gasteiger partial charge in [0.2, 0.25) is 0 Å². The fraction of sp³-hybridized carbons (Fsp3) is 0.333. The van der Waals surface area contributed by atoms with E-state index < -0.39 is 0 Å². The molecule has 7 nitrogen and oxygen atoms in total. The molecule has 3 rings (SSSR count). The Morgan fingerprint density at radius 3 is 2.31 bits per heavy atom. The van der Waals surface area contributed by atoms with Gasteiger partial charge in [-0.1, -0.05) is 12.1 Å². The zero-order valence-electron chi connectivity index (χ0n) is 16.0. The Bertz CT molecular complexity index is 823. The average Bonchev–Trinajstić information content (AvgIpc) is 3.22. The van der Waals surface area contributed by atoms with Crippen LogP contribution in [0.15, 0.2) is 48.5 Å². The van der Waals surface area contributed by atoms with Crippen molar-refractivity contribution in [3.63, 3.8) is 0 Å². The van der Waals surface area contributed by atoms with Gasteiger partial charge in [0.15, 0.2) is 0 Å². The quantitative estimate of drug-likeness (QED) is 0.573. The molecule has 1 saturated heterocycles. The van der Waals surface area contributed by atoms with Crippen LogP contribution in [0.5, 0.6) is 0 Å². The Kier molecular flexibility index (Phi) is 7.40. The molecule has 1 aliphatic rings. The number of urea groups is 2. The van der Waals surface area contributed by atoms with E-state index >= 15 is 0 Å². The van der Waals surface area contributed by atoms with Crippen LogP contribution in [0.3, 0.4) is 0 Å². The Morgan fingerprint density at radius 2 is 1.69 bits per heavy atom. The van der Waals surface area contributed by atoms with Gasteiger partial charge in [-0.2, -0.15) is 0 Å². The maximum Gasteiger partial charge on any atom is 0.319 e. The summed E-state index contributed by atoms with van der Waals surface area (Å²) < 4.78 is 18.6. The Balaban J connectivity index is 1.36. The summed E-state index contributed by atoms with van der Waals surface area (Å²) in [5.41, 5.74) is 2.03. The van der Waals surface area contributed by atoms with Gasteiger partial charge in [0.1, 0.15) is 5.82 Å². The minimum Gasteiger partial charge on any atom is -0.376 e. The summed E-state index contributed by atoms with van der Waals surface area (Å²) in [5, 5.41) is 11.0. The molecule has 0 aliphatic carbocycles. The molecule has 0 saturated carbocycles. The lowest BCUT2D eigenvalue weighted by molar-refractivity contribution is 0.112. The lowest BCUT2D eigenvalue weighted by atomic mass is 10.1. The number of carbonyl (C=O) groups excluding carboxylic acids is 2. The fourth-order valence-electron chi connectivity index (χ4n) is 3.01. The largest absolute Gasteiger partial charge is 0.376 e. The van der Waals surface area contributed by atoms with Crippen molar-refractivity contribution in [3.05, 3.63) is 59.9 Å². The number of hydrogen-bond acceptors (Lipinski definition) is 3. The SMILES string of the molecule is O=C(NCCc1cccc(F)c1)Nc1ccc(NC(=O)NCC2CCCO2)cc1. The summed E-state index contributed by atoms with van der Waals surface area (Å²) in [6.07, 6.45) is 2.62. The number of hydrogen-bond donors (Lipinski definition) is 4. The molecule has 1 fully saturated rings. The summed E-state index contributed by atoms with van der Waals surface area (Å²) >= 11 is 0. The Hall–Kier alpha value is -3.13. The van der Waals surface area contributed by atoms with E-state index in [1.165, 1.54) is 12.1 Å². The van der Waals surface area contributed by atoms with Crippen LogP contribution < -0.4 is 21.3 Å². The van der Waals surface area contributed by atoms with Crippen LogP contribution in [0.4, 0.5) is 25.4 Å². The highest BCUT2D eigenvalue weighted by molar-refractivity contribution is 5.91. The lowest BCUT2D eigenvalue weighted by Gasteiger charge is -2.12. The predicted octanol–water partition coefficient (Wildman–Crippen LogP) is 3.49. The molecule has 1 atom stereocenters. The summed E-state index contributed by atoms with van der Waals surface area (Å²) in [6.45, 7) is 1.63. The predicted molar refractivity (Wildman–Crippen MR) is 110 cm³/mol. The average molecular weight is 400 g/mol. The van der Waals surface area contributed by atoms with Gasteiger partial charge < -0.3 is 26.0 Å². The molecular formula is C21H25FN4O3. The Morgan fingerprint density at radius 1 is 1.00 bits per heavy atom. The molecule has 2 aromatic rings. The van der Waals surface area contributed by atoms with Crippen LogP contribution in [-0.2, 0) is 11.2 Å². The second-order valence-corrected chi connectivity index (χ2v) is 6.81. The molecule has 1 aliphatic heterocycles. The summed E-state index contributed by atoms with van der Waals surface area (Å²) in [5.74, 6) is -0.291. The van der Waals surface area contributed by atoms with Crippen molar-refractivity contribution >= 4 is 23.4 Å². The highest BCUT2D eigenvalue weighted by atomic mass is 19.1. The maximum atomic E-state index is 13.1. The minimum atomic E-state index is -0.351. The fourth-order valence-corrected chi connectivity index (χ4v) is 3.01. The van der Waals surface area contributed by atoms with Crippen molar-refractivity contribution in [2.75, 3.05) is 30.3 Å². The second-order valence-electron chi connectivity index (χ2n) is 6.81. The van der Waals surface area contributed by atoms with E-state index in [9.17, 15) is 14.0 Å². The molecule has 8 heteroatoms. The van der Waals surface area contributed by atoms with E-state index in [-0.39, 0.29) is 24.0 Å². The summed E-state index contributed by atoms with van der Waals surface area (Å²) in [4.78, 5) is 23.9. The van der Waals surface area contributed by atoms with Crippen LogP contribution in [0.2, 0.25) is 0 Å². The van der Waals surface area contributed by atoms with E-state index in [4.69, 9.17) is 4.74 Å². The normalized spacial score (nSPS) is 15.6. The molecule has 4 N–H and O–H groups in total. The standard InChI is InChI=1S/C21H25FN4O3/c22-16-4-1-3-15(13-16)10-11-23-20(27)25-17-6-8-18(9-7-17)26-21(28)24-14-19-5-2-12-29-19/h1,3-4,6-9,13,19H,2,5,10-12,14H2,(H2,23,25,27)(H2,24,26,28). The van der Waals surface area contributed by atoms with Crippen LogP contribution in [-0.4, -0.2) is 37.9 Å². The second kappa shape index (κ2) is 10.4. The number of benzene rings is 2. The highest BCUT2D eigenvalue weighted by Crippen LogP contribution is 2.14. The lowest BCUT2D eigenvalue weighted by Crippen LogP contribution is -2.35. The third kappa shape index (κ3) is 7.08. The van der Waals surface area contributed by atoms with Gasteiger partial charge in [-0.15, -0.1) is 0 Å². The highest BCUT2D eigenvalue weighted by Gasteiger charge is 2.16. The third-order valence-electron chi connectivity index (χ3n) is 4.50. The number of amides is 4. The van der Waals surface area contributed by atoms with Crippen LogP contribution in [0.1, 0.15) is 18.4 Å². The van der Waals surface area contributed by atoms with Gasteiger partial charge in [0.25, 0.3) is 0 Å². The molecule has 0 aromatic heterocycles. The molecular weight excluding hydrogens is 375 g/mol. The molecule has 154 valence electrons. The molecule has 1 unspecified atom stereocenters. The minimum absolute atomic E-state index is 0.0896. The molecule has 4 amide bonds. The first-order chi connectivity index (χ1) is 14.1. The molecule has 2 aromatic carbocycles. The van der Waals surface area contributed by atoms with Gasteiger partial charge in [0.05, 0.1) is 6.10 Å². The Labute approximate surface area is 169 Å². The van der Waals surface area contributed by atoms with E-state index in [1.54, 1.807) is 30.3 Å². The zero-order chi connectivity index (χ0) is 20.5. The number of ether oxygens (including phenoxy) is 1. The van der Waals surface area contributed by atoms with Crippen molar-refractivity contribution in [2.45, 2.75) is 25.4 Å². The summed E-state index contributed by atoms with van der Waals surface area (Å²) in [7, 11) is 0. The molecule has 1 heterocycles. The number of rotatable bonds is 7. The van der Waals surface area contributed by atoms with Crippen LogP contribution in [0, 0.1) is 5.82 Å². The van der Waals surface area contributed by atoms with Crippen molar-refractivity contribution in [1.29, 1.82) is 0 Å². The van der Waals surface area contributed by atoms with Crippen molar-refractivity contribution in [3.8, 4) is 0 Å². The van der Waals surface area contributed by atoms with E-state index in [0.29, 0.717) is 30.9 Å². The van der Waals surface area contributed by atoms with Crippen molar-refractivity contribution in [1.82, 2.24) is 10.6 Å². The molecule has 0 radical (unpaired) electrons. The molecule has 29 heavy (non-hydrogen) atoms. The van der Waals surface area contributed by atoms with Gasteiger partial charge in [-0.25, -0.2) is 14.0 Å². The van der Waals surface area contributed by atoms with Crippen LogP contribution >= 0.6 is 0 Å². The monoisotopic (exact) mass is 400 g/mol. The van der Waals surface area contributed by atoms with Gasteiger partial charge in [-0.3, -0.25) is 0 Å². The van der Waals surface area contributed by atoms with Crippen molar-refractivity contribution < 1.29 is 18.7 Å². The van der Waals surface area contributed by atoms with Gasteiger partial charge in [0, 0.05) is 31.1 Å². The number of carbonyl (C=O) groups is 2. The first kappa shape index (κ1) is 20.6. The topological polar surface area (TPSA) is 91.5 Å². The first-order valence-electron chi connectivity index (χ1n) is 9.64. The van der Waals surface area contributed by atoms with E-state index in [1.807, 2.05) is 6.07 Å². The third-order valence-corrected chi connectivity index (χ3v) is 4.50. The van der Waals surface area contributed by atoms with Crippen LogP contribution in [0.25, 0.3) is 0 Å². The maximum absolute atomic E-state index is 13.1. The molecule has 0 bridgehead atoms. The number of anilines is 2.